The average molecular weight is 387 g/mol. The molecule has 2 rings (SSSR count). The van der Waals surface area contributed by atoms with Crippen molar-refractivity contribution in [2.75, 3.05) is 12.0 Å². The molecule has 136 valence electrons. The minimum atomic E-state index is -4.62. The lowest BCUT2D eigenvalue weighted by Gasteiger charge is -2.13. The van der Waals surface area contributed by atoms with Crippen LogP contribution in [0.3, 0.4) is 0 Å². The van der Waals surface area contributed by atoms with Gasteiger partial charge < -0.3 is 5.43 Å². The summed E-state index contributed by atoms with van der Waals surface area (Å²) in [4.78, 5) is 12.1. The number of anilines is 1. The summed E-state index contributed by atoms with van der Waals surface area (Å²) < 4.78 is 74.9. The second-order valence-corrected chi connectivity index (χ2v) is 5.11. The lowest BCUT2D eigenvalue weighted by Crippen LogP contribution is -2.34. The molecule has 2 aromatic rings. The molecule has 0 aliphatic rings. The number of halogens is 7. The van der Waals surface area contributed by atoms with Crippen LogP contribution in [0.2, 0.25) is 5.02 Å². The third-order valence-corrected chi connectivity index (χ3v) is 3.21. The van der Waals surface area contributed by atoms with Crippen molar-refractivity contribution in [3.8, 4) is 5.69 Å². The molecule has 0 radical (unpaired) electrons. The number of nitrogens with zero attached hydrogens (tertiary/aromatic N) is 2. The first kappa shape index (κ1) is 19.1. The van der Waals surface area contributed by atoms with E-state index in [1.54, 1.807) is 5.43 Å². The molecule has 0 bridgehead atoms. The van der Waals surface area contributed by atoms with Crippen LogP contribution in [0, 0.1) is 0 Å². The van der Waals surface area contributed by atoms with Crippen LogP contribution in [0.15, 0.2) is 35.3 Å². The van der Waals surface area contributed by atoms with Crippen LogP contribution in [0.25, 0.3) is 5.69 Å². The highest BCUT2D eigenvalue weighted by atomic mass is 35.5. The Kier molecular flexibility index (Phi) is 5.28. The fourth-order valence-corrected chi connectivity index (χ4v) is 1.93. The van der Waals surface area contributed by atoms with Gasteiger partial charge in [0.05, 0.1) is 23.1 Å². The Morgan fingerprint density at radius 3 is 2.44 bits per heavy atom. The Balaban J connectivity index is 2.30. The number of alkyl halides is 6. The first-order valence-corrected chi connectivity index (χ1v) is 6.88. The molecule has 0 fully saturated rings. The molecule has 0 saturated carbocycles. The van der Waals surface area contributed by atoms with E-state index in [2.05, 4.69) is 10.5 Å². The number of benzene rings is 1. The van der Waals surface area contributed by atoms with Crippen molar-refractivity contribution in [3.05, 3.63) is 51.4 Å². The van der Waals surface area contributed by atoms with Crippen LogP contribution < -0.4 is 16.4 Å². The van der Waals surface area contributed by atoms with Gasteiger partial charge in [-0.2, -0.15) is 36.1 Å². The van der Waals surface area contributed by atoms with Crippen LogP contribution in [0.1, 0.15) is 5.56 Å². The number of aromatic nitrogens is 2. The zero-order chi connectivity index (χ0) is 18.8. The predicted molar refractivity (Wildman–Crippen MR) is 77.5 cm³/mol. The van der Waals surface area contributed by atoms with Gasteiger partial charge in [-0.05, 0) is 18.2 Å². The molecule has 0 aliphatic carbocycles. The number of hydrazine groups is 1. The summed E-state index contributed by atoms with van der Waals surface area (Å²) in [7, 11) is 0. The summed E-state index contributed by atoms with van der Waals surface area (Å²) in [5.41, 5.74) is 1.42. The molecule has 1 heterocycles. The Morgan fingerprint density at radius 2 is 1.84 bits per heavy atom. The monoisotopic (exact) mass is 386 g/mol. The highest BCUT2D eigenvalue weighted by molar-refractivity contribution is 6.32. The van der Waals surface area contributed by atoms with Crippen LogP contribution in [0.4, 0.5) is 32.0 Å². The van der Waals surface area contributed by atoms with Gasteiger partial charge in [-0.15, -0.1) is 0 Å². The molecule has 5 nitrogen and oxygen atoms in total. The number of nitrogens with one attached hydrogen (secondary N) is 2. The van der Waals surface area contributed by atoms with E-state index in [-0.39, 0.29) is 11.4 Å². The molecular weight excluding hydrogens is 378 g/mol. The van der Waals surface area contributed by atoms with Gasteiger partial charge in [0.25, 0.3) is 5.56 Å². The molecule has 1 aromatic carbocycles. The molecule has 0 saturated heterocycles. The van der Waals surface area contributed by atoms with E-state index in [9.17, 15) is 31.1 Å². The first-order chi connectivity index (χ1) is 11.5. The molecule has 0 spiro atoms. The summed E-state index contributed by atoms with van der Waals surface area (Å²) in [5, 5.41) is 3.08. The molecule has 0 amide bonds. The van der Waals surface area contributed by atoms with Gasteiger partial charge in [-0.25, -0.2) is 5.43 Å². The van der Waals surface area contributed by atoms with Crippen molar-refractivity contribution in [3.63, 3.8) is 0 Å². The Bertz CT molecular complexity index is 817. The summed E-state index contributed by atoms with van der Waals surface area (Å²) >= 11 is 5.75. The van der Waals surface area contributed by atoms with Crippen LogP contribution >= 0.6 is 11.6 Å². The maximum Gasteiger partial charge on any atom is 0.416 e. The number of rotatable bonds is 4. The van der Waals surface area contributed by atoms with E-state index in [0.717, 1.165) is 18.3 Å². The van der Waals surface area contributed by atoms with E-state index >= 15 is 0 Å². The second-order valence-electron chi connectivity index (χ2n) is 4.73. The summed E-state index contributed by atoms with van der Waals surface area (Å²) in [5.74, 6) is 0. The summed E-state index contributed by atoms with van der Waals surface area (Å²) in [6.07, 6.45) is -8.21. The van der Waals surface area contributed by atoms with Gasteiger partial charge in [-0.3, -0.25) is 4.79 Å². The molecule has 25 heavy (non-hydrogen) atoms. The van der Waals surface area contributed by atoms with Crippen molar-refractivity contribution < 1.29 is 26.3 Å². The largest absolute Gasteiger partial charge is 0.416 e. The van der Waals surface area contributed by atoms with Crippen LogP contribution in [-0.2, 0) is 6.18 Å². The van der Waals surface area contributed by atoms with E-state index in [0.29, 0.717) is 10.7 Å². The van der Waals surface area contributed by atoms with Gasteiger partial charge in [0.2, 0.25) is 0 Å². The first-order valence-electron chi connectivity index (χ1n) is 6.50. The zero-order valence-corrected chi connectivity index (χ0v) is 12.8. The smallest absolute Gasteiger partial charge is 0.318 e. The highest BCUT2D eigenvalue weighted by Gasteiger charge is 2.31. The molecule has 0 aliphatic heterocycles. The Labute approximate surface area is 141 Å². The van der Waals surface area contributed by atoms with Gasteiger partial charge in [-0.1, -0.05) is 17.7 Å². The zero-order valence-electron chi connectivity index (χ0n) is 12.0. The maximum absolute atomic E-state index is 12.7. The molecule has 1 aromatic heterocycles. The lowest BCUT2D eigenvalue weighted by molar-refractivity contribution is -0.137. The van der Waals surface area contributed by atoms with E-state index in [1.165, 1.54) is 6.07 Å². The maximum atomic E-state index is 12.7. The topological polar surface area (TPSA) is 59.0 Å². The average Bonchev–Trinajstić information content (AvgIpc) is 2.50. The number of hydrogen-bond acceptors (Lipinski definition) is 4. The Hall–Kier alpha value is -2.27. The van der Waals surface area contributed by atoms with Gasteiger partial charge in [0.15, 0.2) is 0 Å². The third kappa shape index (κ3) is 4.86. The van der Waals surface area contributed by atoms with E-state index in [4.69, 9.17) is 11.6 Å². The van der Waals surface area contributed by atoms with Gasteiger partial charge in [0.1, 0.15) is 11.6 Å². The Morgan fingerprint density at radius 1 is 1.16 bits per heavy atom. The highest BCUT2D eigenvalue weighted by Crippen LogP contribution is 2.30. The van der Waals surface area contributed by atoms with Crippen molar-refractivity contribution >= 4 is 17.3 Å². The molecule has 0 atom stereocenters. The second kappa shape index (κ2) is 6.92. The molecule has 2 N–H and O–H groups in total. The number of hydrogen-bond donors (Lipinski definition) is 2. The summed E-state index contributed by atoms with van der Waals surface area (Å²) in [6, 6.07) is 3.79. The summed E-state index contributed by atoms with van der Waals surface area (Å²) in [6.45, 7) is -1.40. The molecule has 12 heteroatoms. The predicted octanol–water partition coefficient (Wildman–Crippen LogP) is 3.38. The van der Waals surface area contributed by atoms with Crippen molar-refractivity contribution in [1.82, 2.24) is 15.2 Å². The molecule has 0 unspecified atom stereocenters. The minimum absolute atomic E-state index is 0.198. The molecular formula is C13H9ClF6N4O. The third-order valence-electron chi connectivity index (χ3n) is 2.85. The van der Waals surface area contributed by atoms with Crippen molar-refractivity contribution in [1.29, 1.82) is 0 Å². The van der Waals surface area contributed by atoms with Crippen LogP contribution in [0.5, 0.6) is 0 Å². The van der Waals surface area contributed by atoms with Gasteiger partial charge in [0, 0.05) is 0 Å². The quantitative estimate of drug-likeness (QED) is 0.625. The fourth-order valence-electron chi connectivity index (χ4n) is 1.76. The minimum Gasteiger partial charge on any atom is -0.318 e. The van der Waals surface area contributed by atoms with Crippen LogP contribution in [-0.4, -0.2) is 22.5 Å². The van der Waals surface area contributed by atoms with E-state index in [1.807, 2.05) is 0 Å². The van der Waals surface area contributed by atoms with Crippen molar-refractivity contribution in [2.45, 2.75) is 12.4 Å². The van der Waals surface area contributed by atoms with Crippen molar-refractivity contribution in [2.24, 2.45) is 0 Å². The van der Waals surface area contributed by atoms with Gasteiger partial charge >= 0.3 is 12.4 Å². The lowest BCUT2D eigenvalue weighted by atomic mass is 10.2. The fraction of sp³-hybridized carbons (Fsp3) is 0.231. The SMILES string of the molecule is O=c1c(Cl)c(NNCC(F)(F)F)cnn1-c1cccc(C(F)(F)F)c1. The standard InChI is InChI=1S/C13H9ClF6N4O/c14-10-9(23-21-6-12(15,16)17)5-22-24(11(10)25)8-3-1-2-7(4-8)13(18,19)20/h1-5,21,23H,6H2. The normalized spacial score (nSPS) is 12.3. The van der Waals surface area contributed by atoms with E-state index < -0.39 is 35.0 Å².